The van der Waals surface area contributed by atoms with E-state index in [1.165, 1.54) is 12.1 Å². The van der Waals surface area contributed by atoms with Gasteiger partial charge >= 0.3 is 0 Å². The third-order valence-electron chi connectivity index (χ3n) is 3.10. The molecule has 1 aromatic rings. The number of Topliss-reactive ketones (excluding diaryl/α,β-unsaturated/α-hetero) is 1. The van der Waals surface area contributed by atoms with Crippen LogP contribution < -0.4 is 0 Å². The van der Waals surface area contributed by atoms with E-state index in [1.807, 2.05) is 4.90 Å². The summed E-state index contributed by atoms with van der Waals surface area (Å²) in [5, 5.41) is 18.4. The molecule has 1 aliphatic rings. The second-order valence-electron chi connectivity index (χ2n) is 4.35. The molecule has 0 amide bonds. The van der Waals surface area contributed by atoms with Crippen molar-refractivity contribution >= 4 is 5.78 Å². The van der Waals surface area contributed by atoms with Crippen LogP contribution in [0, 0.1) is 0 Å². The summed E-state index contributed by atoms with van der Waals surface area (Å²) in [7, 11) is 0. The smallest absolute Gasteiger partial charge is 0.176 e. The number of hydrogen-bond donors (Lipinski definition) is 2. The number of ether oxygens (including phenoxy) is 1. The third-order valence-corrected chi connectivity index (χ3v) is 3.10. The number of phenols is 1. The molecule has 1 unspecified atom stereocenters. The number of ketones is 1. The third kappa shape index (κ3) is 3.07. The zero-order chi connectivity index (χ0) is 13.0. The molecule has 18 heavy (non-hydrogen) atoms. The highest BCUT2D eigenvalue weighted by molar-refractivity contribution is 5.97. The number of morpholine rings is 1. The van der Waals surface area contributed by atoms with Crippen molar-refractivity contribution in [2.75, 3.05) is 32.9 Å². The summed E-state index contributed by atoms with van der Waals surface area (Å²) >= 11 is 0. The van der Waals surface area contributed by atoms with Crippen molar-refractivity contribution in [1.82, 2.24) is 4.90 Å². The van der Waals surface area contributed by atoms with Gasteiger partial charge in [-0.15, -0.1) is 0 Å². The van der Waals surface area contributed by atoms with E-state index in [9.17, 15) is 9.90 Å². The summed E-state index contributed by atoms with van der Waals surface area (Å²) in [6.45, 7) is 1.94. The quantitative estimate of drug-likeness (QED) is 0.752. The van der Waals surface area contributed by atoms with Crippen LogP contribution in [0.4, 0.5) is 0 Å². The Labute approximate surface area is 106 Å². The maximum atomic E-state index is 12.0. The molecule has 1 aliphatic heterocycles. The number of carbonyl (C=O) groups is 1. The van der Waals surface area contributed by atoms with E-state index < -0.39 is 0 Å². The van der Waals surface area contributed by atoms with Crippen LogP contribution in [0.3, 0.4) is 0 Å². The fourth-order valence-corrected chi connectivity index (χ4v) is 1.99. The molecule has 0 saturated carbocycles. The number of rotatable bonds is 4. The molecule has 5 heteroatoms. The van der Waals surface area contributed by atoms with Gasteiger partial charge in [0.2, 0.25) is 0 Å². The molecule has 0 aromatic heterocycles. The molecule has 2 N–H and O–H groups in total. The Balaban J connectivity index is 1.99. The lowest BCUT2D eigenvalue weighted by atomic mass is 10.1. The van der Waals surface area contributed by atoms with E-state index in [0.717, 1.165) is 0 Å². The van der Waals surface area contributed by atoms with Crippen molar-refractivity contribution in [3.8, 4) is 5.75 Å². The molecular weight excluding hydrogens is 234 g/mol. The first-order chi connectivity index (χ1) is 8.70. The second-order valence-corrected chi connectivity index (χ2v) is 4.35. The fraction of sp³-hybridized carbons (Fsp3) is 0.462. The van der Waals surface area contributed by atoms with Gasteiger partial charge in [0.1, 0.15) is 5.75 Å². The van der Waals surface area contributed by atoms with E-state index in [-0.39, 0.29) is 30.7 Å². The van der Waals surface area contributed by atoms with E-state index in [4.69, 9.17) is 9.84 Å². The Morgan fingerprint density at radius 3 is 2.78 bits per heavy atom. The molecule has 5 nitrogen and oxygen atoms in total. The first-order valence-electron chi connectivity index (χ1n) is 5.95. The molecule has 1 aromatic carbocycles. The van der Waals surface area contributed by atoms with Crippen molar-refractivity contribution in [3.63, 3.8) is 0 Å². The summed E-state index contributed by atoms with van der Waals surface area (Å²) in [6.07, 6.45) is 0. The van der Waals surface area contributed by atoms with Crippen molar-refractivity contribution in [2.24, 2.45) is 0 Å². The first kappa shape index (κ1) is 13.0. The lowest BCUT2D eigenvalue weighted by Gasteiger charge is -2.33. The number of aliphatic hydroxyl groups is 1. The van der Waals surface area contributed by atoms with Crippen LogP contribution in [0.25, 0.3) is 0 Å². The van der Waals surface area contributed by atoms with Gasteiger partial charge in [-0.25, -0.2) is 0 Å². The standard InChI is InChI=1S/C13H17NO4/c15-8-11-9-18-6-5-14(11)7-13(17)10-1-3-12(16)4-2-10/h1-4,11,15-16H,5-9H2. The van der Waals surface area contributed by atoms with Gasteiger partial charge in [0.25, 0.3) is 0 Å². The Kier molecular flexibility index (Phi) is 4.30. The molecule has 0 spiro atoms. The Morgan fingerprint density at radius 1 is 1.39 bits per heavy atom. The number of hydrogen-bond acceptors (Lipinski definition) is 5. The van der Waals surface area contributed by atoms with Gasteiger partial charge in [-0.2, -0.15) is 0 Å². The highest BCUT2D eigenvalue weighted by Gasteiger charge is 2.24. The Morgan fingerprint density at radius 2 is 2.11 bits per heavy atom. The average Bonchev–Trinajstić information content (AvgIpc) is 2.40. The number of carbonyl (C=O) groups excluding carboxylic acids is 1. The minimum absolute atomic E-state index is 0.0111. The van der Waals surface area contributed by atoms with Crippen LogP contribution in [-0.4, -0.2) is 59.8 Å². The van der Waals surface area contributed by atoms with Crippen LogP contribution in [0.5, 0.6) is 5.75 Å². The Bertz CT molecular complexity index is 404. The normalized spacial score (nSPS) is 20.8. The van der Waals surface area contributed by atoms with Crippen molar-refractivity contribution in [1.29, 1.82) is 0 Å². The predicted molar refractivity (Wildman–Crippen MR) is 65.7 cm³/mol. The molecule has 2 rings (SSSR count). The zero-order valence-electron chi connectivity index (χ0n) is 10.1. The highest BCUT2D eigenvalue weighted by Crippen LogP contribution is 2.12. The number of aliphatic hydroxyl groups excluding tert-OH is 1. The minimum Gasteiger partial charge on any atom is -0.508 e. The van der Waals surface area contributed by atoms with Crippen LogP contribution in [-0.2, 0) is 4.74 Å². The van der Waals surface area contributed by atoms with Crippen LogP contribution in [0.15, 0.2) is 24.3 Å². The summed E-state index contributed by atoms with van der Waals surface area (Å²) in [6, 6.07) is 6.09. The largest absolute Gasteiger partial charge is 0.508 e. The van der Waals surface area contributed by atoms with Crippen LogP contribution >= 0.6 is 0 Å². The lowest BCUT2D eigenvalue weighted by Crippen LogP contribution is -2.49. The molecule has 0 bridgehead atoms. The number of aromatic hydroxyl groups is 1. The van der Waals surface area contributed by atoms with E-state index in [1.54, 1.807) is 12.1 Å². The fourth-order valence-electron chi connectivity index (χ4n) is 1.99. The number of phenolic OH excluding ortho intramolecular Hbond substituents is 1. The average molecular weight is 251 g/mol. The van der Waals surface area contributed by atoms with Crippen molar-refractivity contribution in [2.45, 2.75) is 6.04 Å². The molecule has 98 valence electrons. The Hall–Kier alpha value is -1.43. The molecular formula is C13H17NO4. The zero-order valence-corrected chi connectivity index (χ0v) is 10.1. The first-order valence-corrected chi connectivity index (χ1v) is 5.95. The second kappa shape index (κ2) is 5.95. The number of benzene rings is 1. The molecule has 1 heterocycles. The molecule has 0 aliphatic carbocycles. The van der Waals surface area contributed by atoms with Gasteiger partial charge < -0.3 is 14.9 Å². The topological polar surface area (TPSA) is 70.0 Å². The maximum absolute atomic E-state index is 12.0. The maximum Gasteiger partial charge on any atom is 0.176 e. The van der Waals surface area contributed by atoms with E-state index >= 15 is 0 Å². The predicted octanol–water partition coefficient (Wildman–Crippen LogP) is 0.268. The number of nitrogens with zero attached hydrogens (tertiary/aromatic N) is 1. The van der Waals surface area contributed by atoms with Gasteiger partial charge in [-0.3, -0.25) is 9.69 Å². The van der Waals surface area contributed by atoms with Gasteiger partial charge in [0.15, 0.2) is 5.78 Å². The van der Waals surface area contributed by atoms with Crippen molar-refractivity contribution < 1.29 is 19.7 Å². The van der Waals surface area contributed by atoms with Gasteiger partial charge in [0, 0.05) is 12.1 Å². The molecule has 1 saturated heterocycles. The molecule has 1 fully saturated rings. The summed E-state index contributed by atoms with van der Waals surface area (Å²) in [5.74, 6) is 0.126. The molecule has 0 radical (unpaired) electrons. The summed E-state index contributed by atoms with van der Waals surface area (Å²) in [4.78, 5) is 14.0. The van der Waals surface area contributed by atoms with Gasteiger partial charge in [0.05, 0.1) is 32.4 Å². The summed E-state index contributed by atoms with van der Waals surface area (Å²) < 4.78 is 5.26. The van der Waals surface area contributed by atoms with Crippen molar-refractivity contribution in [3.05, 3.63) is 29.8 Å². The van der Waals surface area contributed by atoms with E-state index in [2.05, 4.69) is 0 Å². The molecule has 1 atom stereocenters. The monoisotopic (exact) mass is 251 g/mol. The van der Waals surface area contributed by atoms with Gasteiger partial charge in [-0.05, 0) is 24.3 Å². The summed E-state index contributed by atoms with van der Waals surface area (Å²) in [5.41, 5.74) is 0.566. The highest BCUT2D eigenvalue weighted by atomic mass is 16.5. The van der Waals surface area contributed by atoms with E-state index in [0.29, 0.717) is 25.3 Å². The van der Waals surface area contributed by atoms with Crippen LogP contribution in [0.1, 0.15) is 10.4 Å². The lowest BCUT2D eigenvalue weighted by molar-refractivity contribution is -0.0240. The SMILES string of the molecule is O=C(CN1CCOCC1CO)c1ccc(O)cc1. The van der Waals surface area contributed by atoms with Gasteiger partial charge in [-0.1, -0.05) is 0 Å². The minimum atomic E-state index is -0.111. The van der Waals surface area contributed by atoms with Crippen LogP contribution in [0.2, 0.25) is 0 Å².